The molecule has 1 aromatic carbocycles. The Morgan fingerprint density at radius 2 is 1.75 bits per heavy atom. The Morgan fingerprint density at radius 1 is 1.00 bits per heavy atom. The molecular formula is C14H13N5O. The quantitative estimate of drug-likeness (QED) is 0.756. The Labute approximate surface area is 115 Å². The predicted molar refractivity (Wildman–Crippen MR) is 74.6 cm³/mol. The van der Waals surface area contributed by atoms with Crippen LogP contribution in [0, 0.1) is 0 Å². The second kappa shape index (κ2) is 5.40. The minimum Gasteiger partial charge on any atom is -0.506 e. The third-order valence-corrected chi connectivity index (χ3v) is 2.80. The Bertz CT molecular complexity index is 662. The van der Waals surface area contributed by atoms with E-state index in [0.29, 0.717) is 6.54 Å². The molecular weight excluding hydrogens is 254 g/mol. The van der Waals surface area contributed by atoms with Gasteiger partial charge in [-0.15, -0.1) is 0 Å². The summed E-state index contributed by atoms with van der Waals surface area (Å²) < 4.78 is 0. The molecule has 2 aromatic heterocycles. The lowest BCUT2D eigenvalue weighted by Crippen LogP contribution is -2.02. The lowest BCUT2D eigenvalue weighted by molar-refractivity contribution is 0.472. The van der Waals surface area contributed by atoms with Crippen molar-refractivity contribution in [2.45, 2.75) is 6.54 Å². The van der Waals surface area contributed by atoms with Gasteiger partial charge in [-0.2, -0.15) is 15.0 Å². The van der Waals surface area contributed by atoms with Gasteiger partial charge >= 0.3 is 0 Å². The van der Waals surface area contributed by atoms with Gasteiger partial charge < -0.3 is 10.4 Å². The molecule has 6 nitrogen and oxygen atoms in total. The van der Waals surface area contributed by atoms with Crippen LogP contribution in [0.3, 0.4) is 0 Å². The van der Waals surface area contributed by atoms with Crippen LogP contribution in [0.15, 0.2) is 55.0 Å². The number of nitrogens with one attached hydrogen (secondary N) is 1. The molecule has 0 fully saturated rings. The van der Waals surface area contributed by atoms with Gasteiger partial charge in [0.15, 0.2) is 0 Å². The summed E-state index contributed by atoms with van der Waals surface area (Å²) in [6.45, 7) is 0.597. The highest BCUT2D eigenvalue weighted by molar-refractivity contribution is 5.48. The monoisotopic (exact) mass is 267 g/mol. The fourth-order valence-corrected chi connectivity index (χ4v) is 1.78. The molecule has 0 bridgehead atoms. The zero-order valence-corrected chi connectivity index (χ0v) is 10.6. The maximum absolute atomic E-state index is 9.17. The summed E-state index contributed by atoms with van der Waals surface area (Å²) in [5, 5.41) is 20.6. The number of hydrogen-bond acceptors (Lipinski definition) is 5. The molecule has 0 aliphatic rings. The number of hydrogen-bond donors (Lipinski definition) is 2. The second-order valence-corrected chi connectivity index (χ2v) is 4.23. The Kier molecular flexibility index (Phi) is 3.28. The van der Waals surface area contributed by atoms with Crippen molar-refractivity contribution in [3.63, 3.8) is 0 Å². The van der Waals surface area contributed by atoms with Crippen LogP contribution in [0.25, 0.3) is 5.69 Å². The maximum atomic E-state index is 9.17. The van der Waals surface area contributed by atoms with Gasteiger partial charge in [0, 0.05) is 5.69 Å². The smallest absolute Gasteiger partial charge is 0.133 e. The Hall–Kier alpha value is -2.89. The third-order valence-electron chi connectivity index (χ3n) is 2.80. The summed E-state index contributed by atoms with van der Waals surface area (Å²) in [5.41, 5.74) is 2.75. The van der Waals surface area contributed by atoms with Crippen LogP contribution in [0.1, 0.15) is 5.69 Å². The summed E-state index contributed by atoms with van der Waals surface area (Å²) in [6.07, 6.45) is 4.72. The number of pyridine rings is 1. The van der Waals surface area contributed by atoms with E-state index in [9.17, 15) is 0 Å². The van der Waals surface area contributed by atoms with Crippen molar-refractivity contribution in [3.05, 3.63) is 60.7 Å². The van der Waals surface area contributed by atoms with Crippen LogP contribution in [0.2, 0.25) is 0 Å². The maximum Gasteiger partial charge on any atom is 0.133 e. The average Bonchev–Trinajstić information content (AvgIpc) is 3.01. The lowest BCUT2D eigenvalue weighted by atomic mass is 10.2. The fourth-order valence-electron chi connectivity index (χ4n) is 1.78. The highest BCUT2D eigenvalue weighted by Gasteiger charge is 1.99. The summed E-state index contributed by atoms with van der Waals surface area (Å²) in [4.78, 5) is 5.68. The van der Waals surface area contributed by atoms with Crippen molar-refractivity contribution in [3.8, 4) is 11.4 Å². The summed E-state index contributed by atoms with van der Waals surface area (Å²) >= 11 is 0. The zero-order chi connectivity index (χ0) is 13.8. The van der Waals surface area contributed by atoms with Crippen LogP contribution < -0.4 is 5.32 Å². The molecule has 0 aliphatic carbocycles. The number of rotatable bonds is 4. The van der Waals surface area contributed by atoms with Crippen molar-refractivity contribution < 1.29 is 5.11 Å². The molecule has 100 valence electrons. The number of aromatic hydroxyl groups is 1. The predicted octanol–water partition coefficient (Wildman–Crippen LogP) is 1.98. The largest absolute Gasteiger partial charge is 0.506 e. The molecule has 0 spiro atoms. The molecule has 0 saturated carbocycles. The Morgan fingerprint density at radius 3 is 2.40 bits per heavy atom. The minimum atomic E-state index is 0.171. The average molecular weight is 267 g/mol. The van der Waals surface area contributed by atoms with Crippen molar-refractivity contribution in [1.29, 1.82) is 0 Å². The van der Waals surface area contributed by atoms with Gasteiger partial charge in [0.1, 0.15) is 5.75 Å². The van der Waals surface area contributed by atoms with E-state index >= 15 is 0 Å². The Balaban J connectivity index is 1.65. The molecule has 0 saturated heterocycles. The van der Waals surface area contributed by atoms with E-state index in [1.807, 2.05) is 24.3 Å². The highest BCUT2D eigenvalue weighted by atomic mass is 16.3. The first-order valence-corrected chi connectivity index (χ1v) is 6.16. The number of benzene rings is 1. The van der Waals surface area contributed by atoms with E-state index in [1.54, 1.807) is 29.3 Å². The van der Waals surface area contributed by atoms with Gasteiger partial charge in [0.25, 0.3) is 0 Å². The van der Waals surface area contributed by atoms with E-state index in [-0.39, 0.29) is 5.75 Å². The molecule has 0 radical (unpaired) electrons. The van der Waals surface area contributed by atoms with E-state index in [1.165, 1.54) is 6.20 Å². The SMILES string of the molecule is Oc1ccc(CNc2ccc(-n3nccn3)cc2)nc1. The van der Waals surface area contributed by atoms with Gasteiger partial charge in [-0.1, -0.05) is 0 Å². The van der Waals surface area contributed by atoms with E-state index in [2.05, 4.69) is 20.5 Å². The molecule has 0 amide bonds. The summed E-state index contributed by atoms with van der Waals surface area (Å²) in [5.74, 6) is 0.171. The van der Waals surface area contributed by atoms with Gasteiger partial charge in [-0.05, 0) is 36.4 Å². The standard InChI is InChI=1S/C14H13N5O/c20-14-6-3-12(16-10-14)9-15-11-1-4-13(5-2-11)19-17-7-8-18-19/h1-8,10,15,20H,9H2. The number of anilines is 1. The topological polar surface area (TPSA) is 75.9 Å². The molecule has 3 rings (SSSR count). The zero-order valence-electron chi connectivity index (χ0n) is 10.6. The van der Waals surface area contributed by atoms with E-state index in [4.69, 9.17) is 5.11 Å². The van der Waals surface area contributed by atoms with Crippen LogP contribution in [-0.2, 0) is 6.54 Å². The third kappa shape index (κ3) is 2.74. The fraction of sp³-hybridized carbons (Fsp3) is 0.0714. The van der Waals surface area contributed by atoms with Crippen LogP contribution >= 0.6 is 0 Å². The second-order valence-electron chi connectivity index (χ2n) is 4.23. The van der Waals surface area contributed by atoms with Crippen molar-refractivity contribution in [1.82, 2.24) is 20.0 Å². The lowest BCUT2D eigenvalue weighted by Gasteiger charge is -2.07. The van der Waals surface area contributed by atoms with Crippen LogP contribution in [0.4, 0.5) is 5.69 Å². The van der Waals surface area contributed by atoms with Crippen LogP contribution in [0.5, 0.6) is 5.75 Å². The van der Waals surface area contributed by atoms with E-state index in [0.717, 1.165) is 17.1 Å². The number of nitrogens with zero attached hydrogens (tertiary/aromatic N) is 4. The molecule has 6 heteroatoms. The first kappa shape index (κ1) is 12.2. The van der Waals surface area contributed by atoms with Crippen LogP contribution in [-0.4, -0.2) is 25.1 Å². The van der Waals surface area contributed by atoms with Crippen molar-refractivity contribution in [2.75, 3.05) is 5.32 Å². The van der Waals surface area contributed by atoms with Gasteiger partial charge in [0.2, 0.25) is 0 Å². The van der Waals surface area contributed by atoms with Gasteiger partial charge in [-0.3, -0.25) is 4.98 Å². The normalized spacial score (nSPS) is 10.4. The summed E-state index contributed by atoms with van der Waals surface area (Å²) in [6, 6.07) is 11.2. The molecule has 0 atom stereocenters. The first-order chi connectivity index (χ1) is 9.81. The molecule has 2 N–H and O–H groups in total. The number of aromatic nitrogens is 4. The van der Waals surface area contributed by atoms with E-state index < -0.39 is 0 Å². The first-order valence-electron chi connectivity index (χ1n) is 6.16. The van der Waals surface area contributed by atoms with Gasteiger partial charge in [0.05, 0.1) is 36.5 Å². The molecule has 3 aromatic rings. The molecule has 2 heterocycles. The summed E-state index contributed by atoms with van der Waals surface area (Å²) in [7, 11) is 0. The minimum absolute atomic E-state index is 0.171. The van der Waals surface area contributed by atoms with Crippen molar-refractivity contribution in [2.24, 2.45) is 0 Å². The molecule has 20 heavy (non-hydrogen) atoms. The molecule has 0 aliphatic heterocycles. The van der Waals surface area contributed by atoms with Gasteiger partial charge in [-0.25, -0.2) is 0 Å². The van der Waals surface area contributed by atoms with Crippen molar-refractivity contribution >= 4 is 5.69 Å². The highest BCUT2D eigenvalue weighted by Crippen LogP contribution is 2.13. The molecule has 0 unspecified atom stereocenters.